The SMILES string of the molecule is CCCc1ccccc1C1C(C(=O)OCC)=C(C)NC2=C1C(=O)CC(C)(C)C2. The van der Waals surface area contributed by atoms with Gasteiger partial charge in [-0.15, -0.1) is 0 Å². The Morgan fingerprint density at radius 3 is 2.61 bits per heavy atom. The van der Waals surface area contributed by atoms with Gasteiger partial charge in [-0.3, -0.25) is 4.79 Å². The van der Waals surface area contributed by atoms with E-state index >= 15 is 0 Å². The Labute approximate surface area is 168 Å². The van der Waals surface area contributed by atoms with Crippen molar-refractivity contribution in [2.24, 2.45) is 5.41 Å². The molecule has 1 aliphatic carbocycles. The second kappa shape index (κ2) is 7.94. The van der Waals surface area contributed by atoms with Crippen molar-refractivity contribution in [1.82, 2.24) is 5.32 Å². The third-order valence-electron chi connectivity index (χ3n) is 5.62. The highest BCUT2D eigenvalue weighted by atomic mass is 16.5. The van der Waals surface area contributed by atoms with E-state index in [-0.39, 0.29) is 23.1 Å². The first-order valence-electron chi connectivity index (χ1n) is 10.3. The van der Waals surface area contributed by atoms with Gasteiger partial charge in [0.2, 0.25) is 0 Å². The van der Waals surface area contributed by atoms with Crippen LogP contribution in [0.2, 0.25) is 0 Å². The van der Waals surface area contributed by atoms with Gasteiger partial charge in [0.05, 0.1) is 12.2 Å². The van der Waals surface area contributed by atoms with Gasteiger partial charge in [-0.05, 0) is 43.2 Å². The lowest BCUT2D eigenvalue weighted by atomic mass is 9.68. The molecule has 0 spiro atoms. The van der Waals surface area contributed by atoms with E-state index in [1.807, 2.05) is 26.0 Å². The number of esters is 1. The monoisotopic (exact) mass is 381 g/mol. The molecule has 4 heteroatoms. The maximum absolute atomic E-state index is 13.3. The molecule has 1 aromatic rings. The Hall–Kier alpha value is -2.36. The van der Waals surface area contributed by atoms with Gasteiger partial charge in [-0.25, -0.2) is 4.79 Å². The minimum atomic E-state index is -0.360. The molecule has 0 radical (unpaired) electrons. The first kappa shape index (κ1) is 20.4. The second-order valence-electron chi connectivity index (χ2n) is 8.60. The third-order valence-corrected chi connectivity index (χ3v) is 5.62. The van der Waals surface area contributed by atoms with Crippen molar-refractivity contribution in [2.45, 2.75) is 66.2 Å². The highest BCUT2D eigenvalue weighted by Gasteiger charge is 2.43. The number of benzene rings is 1. The van der Waals surface area contributed by atoms with Crippen molar-refractivity contribution >= 4 is 11.8 Å². The maximum atomic E-state index is 13.3. The number of carbonyl (C=O) groups excluding carboxylic acids is 2. The summed E-state index contributed by atoms with van der Waals surface area (Å²) < 4.78 is 5.39. The number of ketones is 1. The number of rotatable bonds is 5. The standard InChI is InChI=1S/C24H31NO3/c1-6-10-16-11-8-9-12-17(16)21-20(23(27)28-7-2)15(3)25-18-13-24(4,5)14-19(26)22(18)21/h8-9,11-12,21,25H,6-7,10,13-14H2,1-5H3. The average Bonchev–Trinajstić information content (AvgIpc) is 2.60. The number of ether oxygens (including phenoxy) is 1. The number of nitrogens with one attached hydrogen (secondary N) is 1. The summed E-state index contributed by atoms with van der Waals surface area (Å²) in [5, 5.41) is 3.38. The molecule has 28 heavy (non-hydrogen) atoms. The lowest BCUT2D eigenvalue weighted by Crippen LogP contribution is -2.39. The lowest BCUT2D eigenvalue weighted by Gasteiger charge is -2.39. The van der Waals surface area contributed by atoms with Crippen LogP contribution < -0.4 is 5.32 Å². The molecule has 0 saturated carbocycles. The van der Waals surface area contributed by atoms with Crippen molar-refractivity contribution in [3.05, 3.63) is 57.9 Å². The molecule has 0 amide bonds. The van der Waals surface area contributed by atoms with Crippen molar-refractivity contribution in [1.29, 1.82) is 0 Å². The van der Waals surface area contributed by atoms with Gasteiger partial charge in [0.1, 0.15) is 0 Å². The minimum absolute atomic E-state index is 0.0852. The van der Waals surface area contributed by atoms with Gasteiger partial charge in [0, 0.05) is 29.3 Å². The molecule has 4 nitrogen and oxygen atoms in total. The molecular formula is C24H31NO3. The molecule has 0 saturated heterocycles. The van der Waals surface area contributed by atoms with Crippen molar-refractivity contribution in [2.75, 3.05) is 6.61 Å². The third kappa shape index (κ3) is 3.78. The van der Waals surface area contributed by atoms with Crippen LogP contribution in [0.25, 0.3) is 0 Å². The molecule has 2 aliphatic rings. The fourth-order valence-electron chi connectivity index (χ4n) is 4.54. The van der Waals surface area contributed by atoms with Crippen LogP contribution in [-0.4, -0.2) is 18.4 Å². The summed E-state index contributed by atoms with van der Waals surface area (Å²) in [5.41, 5.74) is 5.22. The molecule has 1 atom stereocenters. The molecule has 0 fully saturated rings. The highest BCUT2D eigenvalue weighted by Crippen LogP contribution is 2.47. The maximum Gasteiger partial charge on any atom is 0.336 e. The number of carbonyl (C=O) groups is 2. The van der Waals surface area contributed by atoms with Crippen LogP contribution in [0.5, 0.6) is 0 Å². The van der Waals surface area contributed by atoms with E-state index in [1.165, 1.54) is 5.56 Å². The van der Waals surface area contributed by atoms with E-state index in [4.69, 9.17) is 4.74 Å². The molecule has 3 rings (SSSR count). The van der Waals surface area contributed by atoms with Crippen LogP contribution in [0.3, 0.4) is 0 Å². The van der Waals surface area contributed by atoms with Crippen LogP contribution in [0.4, 0.5) is 0 Å². The Balaban J connectivity index is 2.21. The van der Waals surface area contributed by atoms with E-state index in [9.17, 15) is 9.59 Å². The summed E-state index contributed by atoms with van der Waals surface area (Å²) >= 11 is 0. The van der Waals surface area contributed by atoms with Gasteiger partial charge in [0.15, 0.2) is 5.78 Å². The quantitative estimate of drug-likeness (QED) is 0.744. The fraction of sp³-hybridized carbons (Fsp3) is 0.500. The van der Waals surface area contributed by atoms with E-state index in [2.05, 4.69) is 38.2 Å². The molecular weight excluding hydrogens is 350 g/mol. The molecule has 0 aromatic heterocycles. The van der Waals surface area contributed by atoms with Crippen molar-refractivity contribution < 1.29 is 14.3 Å². The first-order valence-corrected chi connectivity index (χ1v) is 10.3. The zero-order valence-corrected chi connectivity index (χ0v) is 17.6. The molecule has 1 unspecified atom stereocenters. The van der Waals surface area contributed by atoms with Crippen molar-refractivity contribution in [3.8, 4) is 0 Å². The van der Waals surface area contributed by atoms with Crippen LogP contribution in [-0.2, 0) is 20.7 Å². The number of aryl methyl sites for hydroxylation is 1. The van der Waals surface area contributed by atoms with Crippen LogP contribution in [0, 0.1) is 5.41 Å². The predicted molar refractivity (Wildman–Crippen MR) is 111 cm³/mol. The molecule has 1 N–H and O–H groups in total. The fourth-order valence-corrected chi connectivity index (χ4v) is 4.54. The van der Waals surface area contributed by atoms with Gasteiger partial charge in [0.25, 0.3) is 0 Å². The molecule has 0 bridgehead atoms. The summed E-state index contributed by atoms with van der Waals surface area (Å²) in [5.74, 6) is -0.570. The van der Waals surface area contributed by atoms with Gasteiger partial charge in [-0.1, -0.05) is 51.5 Å². The smallest absolute Gasteiger partial charge is 0.336 e. The summed E-state index contributed by atoms with van der Waals surface area (Å²) in [6, 6.07) is 8.19. The van der Waals surface area contributed by atoms with E-state index in [0.29, 0.717) is 18.6 Å². The number of hydrogen-bond donors (Lipinski definition) is 1. The van der Waals surface area contributed by atoms with E-state index < -0.39 is 0 Å². The van der Waals surface area contributed by atoms with E-state index in [1.54, 1.807) is 0 Å². The topological polar surface area (TPSA) is 55.4 Å². The lowest BCUT2D eigenvalue weighted by molar-refractivity contribution is -0.138. The van der Waals surface area contributed by atoms with Crippen LogP contribution in [0.15, 0.2) is 46.8 Å². The Bertz CT molecular complexity index is 860. The Morgan fingerprint density at radius 1 is 1.21 bits per heavy atom. The summed E-state index contributed by atoms with van der Waals surface area (Å²) in [6.07, 6.45) is 3.22. The minimum Gasteiger partial charge on any atom is -0.463 e. The van der Waals surface area contributed by atoms with E-state index in [0.717, 1.165) is 41.8 Å². The number of allylic oxidation sites excluding steroid dienone is 3. The zero-order chi connectivity index (χ0) is 20.5. The molecule has 1 aliphatic heterocycles. The molecule has 150 valence electrons. The zero-order valence-electron chi connectivity index (χ0n) is 17.6. The van der Waals surface area contributed by atoms with Crippen molar-refractivity contribution in [3.63, 3.8) is 0 Å². The number of dihydropyridines is 1. The van der Waals surface area contributed by atoms with Gasteiger partial charge >= 0.3 is 5.97 Å². The first-order chi connectivity index (χ1) is 13.3. The van der Waals surface area contributed by atoms with Gasteiger partial charge < -0.3 is 10.1 Å². The summed E-state index contributed by atoms with van der Waals surface area (Å²) in [4.78, 5) is 26.2. The number of Topliss-reactive ketones (excluding diaryl/α,β-unsaturated/α-hetero) is 1. The summed E-state index contributed by atoms with van der Waals surface area (Å²) in [6.45, 7) is 10.4. The van der Waals surface area contributed by atoms with Gasteiger partial charge in [-0.2, -0.15) is 0 Å². The predicted octanol–water partition coefficient (Wildman–Crippen LogP) is 4.81. The van der Waals surface area contributed by atoms with Crippen LogP contribution >= 0.6 is 0 Å². The summed E-state index contributed by atoms with van der Waals surface area (Å²) in [7, 11) is 0. The molecule has 1 heterocycles. The average molecular weight is 382 g/mol. The molecule has 1 aromatic carbocycles. The number of hydrogen-bond acceptors (Lipinski definition) is 4. The Kier molecular flexibility index (Phi) is 5.78. The second-order valence-corrected chi connectivity index (χ2v) is 8.60. The Morgan fingerprint density at radius 2 is 1.93 bits per heavy atom. The largest absolute Gasteiger partial charge is 0.463 e. The normalized spacial score (nSPS) is 21.3. The van der Waals surface area contributed by atoms with Crippen LogP contribution in [0.1, 0.15) is 70.9 Å². The highest BCUT2D eigenvalue weighted by molar-refractivity contribution is 6.04.